The highest BCUT2D eigenvalue weighted by molar-refractivity contribution is 6.02. The predicted molar refractivity (Wildman–Crippen MR) is 51.6 cm³/mol. The lowest BCUT2D eigenvalue weighted by atomic mass is 10.3. The molecule has 0 atom stereocenters. The number of unbranched alkanes of at least 4 members (excludes halogenated alkanes) is 1. The molecule has 78 valence electrons. The molecule has 0 unspecified atom stereocenters. The first-order valence-corrected chi connectivity index (χ1v) is 4.76. The second kappa shape index (κ2) is 4.79. The number of rotatable bonds is 4. The van der Waals surface area contributed by atoms with E-state index in [1.165, 1.54) is 13.2 Å². The van der Waals surface area contributed by atoms with Crippen molar-refractivity contribution >= 4 is 11.9 Å². The fourth-order valence-electron chi connectivity index (χ4n) is 1.36. The smallest absolute Gasteiger partial charge is 0.335 e. The van der Waals surface area contributed by atoms with Crippen molar-refractivity contribution in [2.24, 2.45) is 0 Å². The van der Waals surface area contributed by atoms with Crippen LogP contribution < -0.4 is 0 Å². The van der Waals surface area contributed by atoms with Crippen LogP contribution in [0.1, 0.15) is 19.8 Å². The minimum absolute atomic E-state index is 0.0844. The minimum atomic E-state index is -0.405. The van der Waals surface area contributed by atoms with Crippen molar-refractivity contribution in [2.45, 2.75) is 19.8 Å². The van der Waals surface area contributed by atoms with E-state index in [1.54, 1.807) is 4.90 Å². The molecule has 0 saturated carbocycles. The molecule has 1 heterocycles. The van der Waals surface area contributed by atoms with Crippen LogP contribution in [0.3, 0.4) is 0 Å². The SMILES string of the molecule is CCCCN1CC(C(=O)OC)=CC1=O. The van der Waals surface area contributed by atoms with E-state index in [0.29, 0.717) is 18.7 Å². The Labute approximate surface area is 83.5 Å². The van der Waals surface area contributed by atoms with Crippen molar-refractivity contribution in [2.75, 3.05) is 20.2 Å². The van der Waals surface area contributed by atoms with Crippen molar-refractivity contribution in [3.05, 3.63) is 11.6 Å². The molecule has 1 rings (SSSR count). The molecule has 1 amide bonds. The lowest BCUT2D eigenvalue weighted by Crippen LogP contribution is -2.27. The molecule has 1 aliphatic heterocycles. The van der Waals surface area contributed by atoms with Gasteiger partial charge in [0.05, 0.1) is 19.2 Å². The summed E-state index contributed by atoms with van der Waals surface area (Å²) in [6.07, 6.45) is 3.37. The van der Waals surface area contributed by atoms with E-state index in [0.717, 1.165) is 12.8 Å². The molecule has 4 heteroatoms. The van der Waals surface area contributed by atoms with E-state index >= 15 is 0 Å². The average Bonchev–Trinajstić information content (AvgIpc) is 2.56. The Morgan fingerprint density at radius 3 is 2.93 bits per heavy atom. The lowest BCUT2D eigenvalue weighted by molar-refractivity contribution is -0.136. The maximum absolute atomic E-state index is 11.4. The van der Waals surface area contributed by atoms with Crippen molar-refractivity contribution in [1.29, 1.82) is 0 Å². The maximum Gasteiger partial charge on any atom is 0.335 e. The maximum atomic E-state index is 11.4. The summed E-state index contributed by atoms with van der Waals surface area (Å²) in [5.74, 6) is -0.490. The first-order valence-electron chi connectivity index (χ1n) is 4.76. The van der Waals surface area contributed by atoms with Gasteiger partial charge < -0.3 is 9.64 Å². The number of ether oxygens (including phenoxy) is 1. The van der Waals surface area contributed by atoms with Crippen LogP contribution in [0.4, 0.5) is 0 Å². The van der Waals surface area contributed by atoms with Gasteiger partial charge in [-0.1, -0.05) is 13.3 Å². The van der Waals surface area contributed by atoms with Crippen LogP contribution >= 0.6 is 0 Å². The summed E-state index contributed by atoms with van der Waals surface area (Å²) in [5.41, 5.74) is 0.452. The van der Waals surface area contributed by atoms with E-state index in [4.69, 9.17) is 0 Å². The topological polar surface area (TPSA) is 46.6 Å². The van der Waals surface area contributed by atoms with Gasteiger partial charge in [0.25, 0.3) is 0 Å². The Balaban J connectivity index is 2.51. The second-order valence-corrected chi connectivity index (χ2v) is 3.27. The lowest BCUT2D eigenvalue weighted by Gasteiger charge is -2.15. The largest absolute Gasteiger partial charge is 0.466 e. The summed E-state index contributed by atoms with van der Waals surface area (Å²) in [5, 5.41) is 0. The summed E-state index contributed by atoms with van der Waals surface area (Å²) >= 11 is 0. The first-order chi connectivity index (χ1) is 6.69. The van der Waals surface area contributed by atoms with Gasteiger partial charge in [-0.3, -0.25) is 4.79 Å². The second-order valence-electron chi connectivity index (χ2n) is 3.27. The molecule has 14 heavy (non-hydrogen) atoms. The Bertz CT molecular complexity index is 271. The standard InChI is InChI=1S/C10H15NO3/c1-3-4-5-11-7-8(6-9(11)12)10(13)14-2/h6H,3-5,7H2,1-2H3. The summed E-state index contributed by atoms with van der Waals surface area (Å²) in [6, 6.07) is 0. The van der Waals surface area contributed by atoms with Gasteiger partial charge in [0.15, 0.2) is 0 Å². The molecule has 0 bridgehead atoms. The van der Waals surface area contributed by atoms with Crippen LogP contribution in [0, 0.1) is 0 Å². The molecule has 0 spiro atoms. The Kier molecular flexibility index (Phi) is 3.68. The summed E-state index contributed by atoms with van der Waals surface area (Å²) in [7, 11) is 1.32. The molecular formula is C10H15NO3. The monoisotopic (exact) mass is 197 g/mol. The fraction of sp³-hybridized carbons (Fsp3) is 0.600. The van der Waals surface area contributed by atoms with Crippen LogP contribution in [-0.2, 0) is 14.3 Å². The van der Waals surface area contributed by atoms with Gasteiger partial charge in [-0.05, 0) is 6.42 Å². The van der Waals surface area contributed by atoms with Gasteiger partial charge in [-0.25, -0.2) is 4.79 Å². The average molecular weight is 197 g/mol. The highest BCUT2D eigenvalue weighted by Crippen LogP contribution is 2.12. The van der Waals surface area contributed by atoms with E-state index in [-0.39, 0.29) is 5.91 Å². The van der Waals surface area contributed by atoms with Gasteiger partial charge in [-0.2, -0.15) is 0 Å². The molecule has 0 aromatic heterocycles. The van der Waals surface area contributed by atoms with Crippen LogP contribution in [0.5, 0.6) is 0 Å². The minimum Gasteiger partial charge on any atom is -0.466 e. The van der Waals surface area contributed by atoms with Crippen molar-refractivity contribution < 1.29 is 14.3 Å². The Morgan fingerprint density at radius 1 is 1.64 bits per heavy atom. The number of amides is 1. The number of nitrogens with zero attached hydrogens (tertiary/aromatic N) is 1. The summed E-state index contributed by atoms with van der Waals surface area (Å²) < 4.78 is 4.55. The molecule has 0 saturated heterocycles. The highest BCUT2D eigenvalue weighted by Gasteiger charge is 2.25. The molecule has 0 radical (unpaired) electrons. The molecule has 1 aliphatic rings. The molecule has 0 aromatic rings. The molecule has 0 fully saturated rings. The van der Waals surface area contributed by atoms with Gasteiger partial charge in [0, 0.05) is 12.6 Å². The van der Waals surface area contributed by atoms with E-state index < -0.39 is 5.97 Å². The third-order valence-corrected chi connectivity index (χ3v) is 2.20. The third kappa shape index (κ3) is 2.34. The quantitative estimate of drug-likeness (QED) is 0.624. The summed E-state index contributed by atoms with van der Waals surface area (Å²) in [4.78, 5) is 24.1. The molecule has 0 aliphatic carbocycles. The van der Waals surface area contributed by atoms with Crippen LogP contribution in [0.25, 0.3) is 0 Å². The molecule has 0 aromatic carbocycles. The van der Waals surface area contributed by atoms with Gasteiger partial charge >= 0.3 is 5.97 Å². The van der Waals surface area contributed by atoms with Crippen LogP contribution in [-0.4, -0.2) is 37.0 Å². The zero-order valence-corrected chi connectivity index (χ0v) is 8.58. The van der Waals surface area contributed by atoms with Crippen LogP contribution in [0.15, 0.2) is 11.6 Å². The van der Waals surface area contributed by atoms with E-state index in [1.807, 2.05) is 0 Å². The molecule has 4 nitrogen and oxygen atoms in total. The molecular weight excluding hydrogens is 182 g/mol. The van der Waals surface area contributed by atoms with Crippen molar-refractivity contribution in [3.63, 3.8) is 0 Å². The number of hydrogen-bond donors (Lipinski definition) is 0. The zero-order valence-electron chi connectivity index (χ0n) is 8.58. The first kappa shape index (κ1) is 10.8. The van der Waals surface area contributed by atoms with E-state index in [2.05, 4.69) is 11.7 Å². The van der Waals surface area contributed by atoms with Gasteiger partial charge in [0.2, 0.25) is 5.91 Å². The Hall–Kier alpha value is -1.32. The number of esters is 1. The van der Waals surface area contributed by atoms with E-state index in [9.17, 15) is 9.59 Å². The van der Waals surface area contributed by atoms with Crippen molar-refractivity contribution in [3.8, 4) is 0 Å². The fourth-order valence-corrected chi connectivity index (χ4v) is 1.36. The number of carbonyl (C=O) groups is 2. The number of carbonyl (C=O) groups excluding carboxylic acids is 2. The zero-order chi connectivity index (χ0) is 10.6. The highest BCUT2D eigenvalue weighted by atomic mass is 16.5. The summed E-state index contributed by atoms with van der Waals surface area (Å²) in [6.45, 7) is 3.17. The normalized spacial score (nSPS) is 15.7. The number of methoxy groups -OCH3 is 1. The molecule has 0 N–H and O–H groups in total. The predicted octanol–water partition coefficient (Wildman–Crippen LogP) is 0.728. The van der Waals surface area contributed by atoms with Gasteiger partial charge in [0.1, 0.15) is 0 Å². The number of hydrogen-bond acceptors (Lipinski definition) is 3. The Morgan fingerprint density at radius 2 is 2.36 bits per heavy atom. The van der Waals surface area contributed by atoms with Crippen LogP contribution in [0.2, 0.25) is 0 Å². The third-order valence-electron chi connectivity index (χ3n) is 2.20. The van der Waals surface area contributed by atoms with Crippen molar-refractivity contribution in [1.82, 2.24) is 4.90 Å². The van der Waals surface area contributed by atoms with Gasteiger partial charge in [-0.15, -0.1) is 0 Å².